The van der Waals surface area contributed by atoms with Gasteiger partial charge < -0.3 is 10.2 Å². The molecule has 7 heteroatoms. The summed E-state index contributed by atoms with van der Waals surface area (Å²) in [6, 6.07) is 20.5. The van der Waals surface area contributed by atoms with Crippen LogP contribution in [0, 0.1) is 0 Å². The van der Waals surface area contributed by atoms with E-state index in [0.717, 1.165) is 42.7 Å². The maximum absolute atomic E-state index is 12.4. The second-order valence-corrected chi connectivity index (χ2v) is 8.67. The average Bonchev–Trinajstić information content (AvgIpc) is 3.26. The number of nitrogens with zero attached hydrogens (tertiary/aromatic N) is 4. The summed E-state index contributed by atoms with van der Waals surface area (Å²) in [5.74, 6) is 1.23. The molecule has 6 nitrogen and oxygen atoms in total. The number of hydrogen-bond donors (Lipinski definition) is 1. The number of piperidine rings is 1. The van der Waals surface area contributed by atoms with E-state index in [2.05, 4.69) is 49.2 Å². The van der Waals surface area contributed by atoms with E-state index in [9.17, 15) is 4.79 Å². The molecule has 162 valence electrons. The lowest BCUT2D eigenvalue weighted by Crippen LogP contribution is -2.31. The second-order valence-electron chi connectivity index (χ2n) is 7.73. The van der Waals surface area contributed by atoms with Crippen LogP contribution in [0.4, 0.5) is 5.95 Å². The first-order chi connectivity index (χ1) is 15.3. The lowest BCUT2D eigenvalue weighted by Gasteiger charge is -2.27. The van der Waals surface area contributed by atoms with E-state index in [1.54, 1.807) is 0 Å². The van der Waals surface area contributed by atoms with Crippen molar-refractivity contribution in [2.45, 2.75) is 37.3 Å². The summed E-state index contributed by atoms with van der Waals surface area (Å²) in [6.07, 6.45) is 5.52. The Labute approximate surface area is 188 Å². The average molecular weight is 436 g/mol. The normalized spacial score (nSPS) is 13.9. The first kappa shape index (κ1) is 21.4. The Morgan fingerprint density at radius 2 is 1.65 bits per heavy atom. The van der Waals surface area contributed by atoms with Gasteiger partial charge in [-0.3, -0.25) is 9.36 Å². The molecule has 31 heavy (non-hydrogen) atoms. The van der Waals surface area contributed by atoms with Crippen molar-refractivity contribution in [2.75, 3.05) is 30.3 Å². The molecule has 2 aromatic carbocycles. The number of rotatable bonds is 9. The predicted molar refractivity (Wildman–Crippen MR) is 126 cm³/mol. The first-order valence-corrected chi connectivity index (χ1v) is 12.0. The van der Waals surface area contributed by atoms with Crippen molar-refractivity contribution in [2.24, 2.45) is 0 Å². The van der Waals surface area contributed by atoms with E-state index >= 15 is 0 Å². The molecule has 4 rings (SSSR count). The summed E-state index contributed by atoms with van der Waals surface area (Å²) >= 11 is 1.44. The zero-order valence-electron chi connectivity index (χ0n) is 17.7. The van der Waals surface area contributed by atoms with Crippen LogP contribution in [0.5, 0.6) is 0 Å². The van der Waals surface area contributed by atoms with Gasteiger partial charge >= 0.3 is 0 Å². The van der Waals surface area contributed by atoms with Gasteiger partial charge in [0.15, 0.2) is 5.16 Å². The Balaban J connectivity index is 1.35. The number of thioether (sulfide) groups is 1. The van der Waals surface area contributed by atoms with Gasteiger partial charge in [-0.25, -0.2) is 0 Å². The fourth-order valence-electron chi connectivity index (χ4n) is 3.80. The smallest absolute Gasteiger partial charge is 0.232 e. The minimum absolute atomic E-state index is 0.0280. The summed E-state index contributed by atoms with van der Waals surface area (Å²) in [5.41, 5.74) is 2.33. The largest absolute Gasteiger partial charge is 0.355 e. The van der Waals surface area contributed by atoms with Crippen LogP contribution < -0.4 is 10.2 Å². The Morgan fingerprint density at radius 1 is 0.935 bits per heavy atom. The van der Waals surface area contributed by atoms with Crippen molar-refractivity contribution >= 4 is 23.6 Å². The highest BCUT2D eigenvalue weighted by atomic mass is 32.2. The lowest BCUT2D eigenvalue weighted by atomic mass is 10.1. The third kappa shape index (κ3) is 5.88. The Hall–Kier alpha value is -2.80. The molecule has 0 saturated carbocycles. The fourth-order valence-corrected chi connectivity index (χ4v) is 4.58. The number of nitrogens with one attached hydrogen (secondary N) is 1. The number of carbonyl (C=O) groups is 1. The molecule has 3 aromatic rings. The van der Waals surface area contributed by atoms with Crippen molar-refractivity contribution < 1.29 is 4.79 Å². The fraction of sp³-hybridized carbons (Fsp3) is 0.375. The molecule has 2 heterocycles. The topological polar surface area (TPSA) is 63.1 Å². The third-order valence-electron chi connectivity index (χ3n) is 5.41. The number of para-hydroxylation sites is 1. The summed E-state index contributed by atoms with van der Waals surface area (Å²) in [6.45, 7) is 2.67. The number of anilines is 1. The molecule has 0 radical (unpaired) electrons. The van der Waals surface area contributed by atoms with Crippen molar-refractivity contribution in [3.63, 3.8) is 0 Å². The molecule has 1 fully saturated rings. The summed E-state index contributed by atoms with van der Waals surface area (Å²) in [7, 11) is 0. The van der Waals surface area contributed by atoms with E-state index < -0.39 is 0 Å². The molecule has 1 saturated heterocycles. The van der Waals surface area contributed by atoms with Gasteiger partial charge in [-0.05, 0) is 49.8 Å². The SMILES string of the molecule is O=C(CSc1nnc(N2CCCCC2)n1-c1ccccc1)NCCCc1ccccc1. The van der Waals surface area contributed by atoms with Gasteiger partial charge in [0, 0.05) is 19.6 Å². The lowest BCUT2D eigenvalue weighted by molar-refractivity contribution is -0.118. The molecular weight excluding hydrogens is 406 g/mol. The molecule has 1 aromatic heterocycles. The van der Waals surface area contributed by atoms with Crippen LogP contribution in [-0.4, -0.2) is 46.1 Å². The Morgan fingerprint density at radius 3 is 2.39 bits per heavy atom. The molecule has 0 atom stereocenters. The van der Waals surface area contributed by atoms with E-state index in [1.807, 2.05) is 36.4 Å². The number of benzene rings is 2. The monoisotopic (exact) mass is 435 g/mol. The minimum Gasteiger partial charge on any atom is -0.355 e. The predicted octanol–water partition coefficient (Wildman–Crippen LogP) is 4.10. The molecule has 1 amide bonds. The summed E-state index contributed by atoms with van der Waals surface area (Å²) in [4.78, 5) is 14.7. The molecule has 0 unspecified atom stereocenters. The molecule has 1 aliphatic rings. The van der Waals surface area contributed by atoms with Gasteiger partial charge in [0.25, 0.3) is 0 Å². The second kappa shape index (κ2) is 11.0. The third-order valence-corrected chi connectivity index (χ3v) is 6.34. The summed E-state index contributed by atoms with van der Waals surface area (Å²) < 4.78 is 2.08. The molecule has 0 bridgehead atoms. The minimum atomic E-state index is 0.0280. The highest BCUT2D eigenvalue weighted by molar-refractivity contribution is 7.99. The van der Waals surface area contributed by atoms with Crippen LogP contribution in [0.1, 0.15) is 31.2 Å². The van der Waals surface area contributed by atoms with Crippen LogP contribution in [-0.2, 0) is 11.2 Å². The van der Waals surface area contributed by atoms with Gasteiger partial charge in [0.1, 0.15) is 0 Å². The van der Waals surface area contributed by atoms with E-state index in [-0.39, 0.29) is 5.91 Å². The summed E-state index contributed by atoms with van der Waals surface area (Å²) in [5, 5.41) is 12.7. The maximum atomic E-state index is 12.4. The zero-order chi connectivity index (χ0) is 21.3. The number of amides is 1. The van der Waals surface area contributed by atoms with Gasteiger partial charge in [0.05, 0.1) is 11.4 Å². The van der Waals surface area contributed by atoms with Crippen LogP contribution in [0.15, 0.2) is 65.8 Å². The first-order valence-electron chi connectivity index (χ1n) is 11.0. The maximum Gasteiger partial charge on any atom is 0.232 e. The van der Waals surface area contributed by atoms with E-state index in [4.69, 9.17) is 0 Å². The number of aryl methyl sites for hydroxylation is 1. The van der Waals surface area contributed by atoms with Crippen molar-refractivity contribution in [3.8, 4) is 5.69 Å². The van der Waals surface area contributed by atoms with Crippen molar-refractivity contribution in [1.82, 2.24) is 20.1 Å². The van der Waals surface area contributed by atoms with Crippen molar-refractivity contribution in [1.29, 1.82) is 0 Å². The van der Waals surface area contributed by atoms with Gasteiger partial charge in [-0.15, -0.1) is 10.2 Å². The van der Waals surface area contributed by atoms with Gasteiger partial charge in [0.2, 0.25) is 11.9 Å². The van der Waals surface area contributed by atoms with Gasteiger partial charge in [-0.1, -0.05) is 60.3 Å². The van der Waals surface area contributed by atoms with E-state index in [0.29, 0.717) is 12.3 Å². The molecule has 0 spiro atoms. The van der Waals surface area contributed by atoms with Crippen LogP contribution in [0.2, 0.25) is 0 Å². The highest BCUT2D eigenvalue weighted by Crippen LogP contribution is 2.28. The molecule has 1 aliphatic heterocycles. The number of hydrogen-bond acceptors (Lipinski definition) is 5. The Bertz CT molecular complexity index is 955. The van der Waals surface area contributed by atoms with Crippen molar-refractivity contribution in [3.05, 3.63) is 66.2 Å². The standard InChI is InChI=1S/C24H29N5OS/c30-22(25-16-10-13-20-11-4-1-5-12-20)19-31-24-27-26-23(28-17-8-3-9-18-28)29(24)21-14-6-2-7-15-21/h1-2,4-7,11-12,14-15H,3,8-10,13,16-19H2,(H,25,30). The number of aromatic nitrogens is 3. The Kier molecular flexibility index (Phi) is 7.60. The molecular formula is C24H29N5OS. The zero-order valence-corrected chi connectivity index (χ0v) is 18.6. The van der Waals surface area contributed by atoms with Crippen LogP contribution in [0.25, 0.3) is 5.69 Å². The van der Waals surface area contributed by atoms with Crippen LogP contribution >= 0.6 is 11.8 Å². The van der Waals surface area contributed by atoms with E-state index in [1.165, 1.54) is 36.6 Å². The highest BCUT2D eigenvalue weighted by Gasteiger charge is 2.21. The van der Waals surface area contributed by atoms with Gasteiger partial charge in [-0.2, -0.15) is 0 Å². The van der Waals surface area contributed by atoms with Crippen LogP contribution in [0.3, 0.4) is 0 Å². The molecule has 0 aliphatic carbocycles. The number of carbonyl (C=O) groups excluding carboxylic acids is 1. The quantitative estimate of drug-likeness (QED) is 0.405. The molecule has 1 N–H and O–H groups in total.